The first-order valence-corrected chi connectivity index (χ1v) is 11.4. The smallest absolute Gasteiger partial charge is 0.346 e. The molecule has 0 aromatic heterocycles. The van der Waals surface area contributed by atoms with Gasteiger partial charge < -0.3 is 4.74 Å². The lowest BCUT2D eigenvalue weighted by Gasteiger charge is -2.35. The Morgan fingerprint density at radius 1 is 0.861 bits per heavy atom. The average molecular weight is 504 g/mol. The summed E-state index contributed by atoms with van der Waals surface area (Å²) in [6, 6.07) is 10.3. The molecule has 0 atom stereocenters. The number of rotatable bonds is 7. The number of hydrogen-bond donors (Lipinski definition) is 0. The van der Waals surface area contributed by atoms with Gasteiger partial charge in [-0.1, -0.05) is 49.8 Å². The minimum Gasteiger partial charge on any atom is -0.423 e. The van der Waals surface area contributed by atoms with Crippen molar-refractivity contribution < 1.29 is 35.9 Å². The Balaban J connectivity index is 1.76. The Labute approximate surface area is 204 Å². The second-order valence-electron chi connectivity index (χ2n) is 8.57. The molecule has 0 fully saturated rings. The molecule has 8 heteroatoms. The fourth-order valence-corrected chi connectivity index (χ4v) is 4.35. The first-order valence-electron chi connectivity index (χ1n) is 11.4. The Hall–Kier alpha value is -3.55. The van der Waals surface area contributed by atoms with Crippen molar-refractivity contribution in [2.75, 3.05) is 0 Å². The van der Waals surface area contributed by atoms with E-state index < -0.39 is 57.3 Å². The standard InChI is InChI=1S/C28H22F6O2/c1-3-5-7-16-8-11-18(12-9-16)36-26(35)21-15-14-20-19-13-10-17(6-4-2)24(29)22(19)27(31,32)28(33,34)23(20)25(21)30/h3,8-15H,1,4-7H2,2H3. The molecule has 0 saturated heterocycles. The number of esters is 1. The lowest BCUT2D eigenvalue weighted by molar-refractivity contribution is -0.227. The molecule has 0 amide bonds. The Bertz CT molecular complexity index is 1330. The summed E-state index contributed by atoms with van der Waals surface area (Å²) in [5, 5.41) is 0. The van der Waals surface area contributed by atoms with E-state index in [0.29, 0.717) is 12.8 Å². The molecule has 0 aliphatic heterocycles. The van der Waals surface area contributed by atoms with E-state index in [1.165, 1.54) is 18.2 Å². The van der Waals surface area contributed by atoms with Crippen molar-refractivity contribution in [2.45, 2.75) is 44.5 Å². The van der Waals surface area contributed by atoms with Gasteiger partial charge in [0.25, 0.3) is 0 Å². The van der Waals surface area contributed by atoms with E-state index in [9.17, 15) is 9.18 Å². The maximum absolute atomic E-state index is 15.3. The van der Waals surface area contributed by atoms with Crippen molar-refractivity contribution in [1.29, 1.82) is 0 Å². The number of benzene rings is 3. The highest BCUT2D eigenvalue weighted by atomic mass is 19.3. The number of aryl methyl sites for hydroxylation is 2. The van der Waals surface area contributed by atoms with Crippen LogP contribution >= 0.6 is 0 Å². The average Bonchev–Trinajstić information content (AvgIpc) is 2.83. The van der Waals surface area contributed by atoms with Gasteiger partial charge >= 0.3 is 17.8 Å². The molecule has 0 unspecified atom stereocenters. The van der Waals surface area contributed by atoms with E-state index in [1.807, 2.05) is 0 Å². The monoisotopic (exact) mass is 504 g/mol. The molecule has 0 radical (unpaired) electrons. The molecular weight excluding hydrogens is 482 g/mol. The van der Waals surface area contributed by atoms with Crippen LogP contribution in [0.4, 0.5) is 26.3 Å². The summed E-state index contributed by atoms with van der Waals surface area (Å²) < 4.78 is 95.7. The van der Waals surface area contributed by atoms with Gasteiger partial charge in [0.1, 0.15) is 17.4 Å². The van der Waals surface area contributed by atoms with Crippen molar-refractivity contribution >= 4 is 5.97 Å². The highest BCUT2D eigenvalue weighted by Gasteiger charge is 2.65. The molecule has 3 aromatic carbocycles. The van der Waals surface area contributed by atoms with Crippen LogP contribution < -0.4 is 4.74 Å². The Kier molecular flexibility index (Phi) is 6.73. The maximum atomic E-state index is 15.3. The number of carbonyl (C=O) groups is 1. The third-order valence-electron chi connectivity index (χ3n) is 6.19. The van der Waals surface area contributed by atoms with E-state index in [-0.39, 0.29) is 17.7 Å². The number of ether oxygens (including phenoxy) is 1. The molecule has 0 N–H and O–H groups in total. The van der Waals surface area contributed by atoms with Gasteiger partial charge in [-0.25, -0.2) is 13.6 Å². The number of allylic oxidation sites excluding steroid dienone is 1. The van der Waals surface area contributed by atoms with E-state index in [0.717, 1.165) is 30.2 Å². The summed E-state index contributed by atoms with van der Waals surface area (Å²) in [5.74, 6) is -14.8. The van der Waals surface area contributed by atoms with Crippen LogP contribution in [0, 0.1) is 11.6 Å². The third kappa shape index (κ3) is 4.08. The van der Waals surface area contributed by atoms with Crippen LogP contribution in [0.15, 0.2) is 61.2 Å². The summed E-state index contributed by atoms with van der Waals surface area (Å²) in [5.41, 5.74) is -4.45. The molecular formula is C28H22F6O2. The van der Waals surface area contributed by atoms with Crippen molar-refractivity contribution in [3.63, 3.8) is 0 Å². The van der Waals surface area contributed by atoms with E-state index in [1.54, 1.807) is 25.1 Å². The lowest BCUT2D eigenvalue weighted by atomic mass is 9.78. The quantitative estimate of drug-likeness (QED) is 0.141. The van der Waals surface area contributed by atoms with Gasteiger partial charge in [-0.2, -0.15) is 17.6 Å². The molecule has 1 aliphatic carbocycles. The summed E-state index contributed by atoms with van der Waals surface area (Å²) in [6.07, 6.45) is 3.64. The van der Waals surface area contributed by atoms with E-state index >= 15 is 22.0 Å². The van der Waals surface area contributed by atoms with Gasteiger partial charge in [-0.15, -0.1) is 6.58 Å². The number of carbonyl (C=O) groups excluding carboxylic acids is 1. The lowest BCUT2D eigenvalue weighted by Crippen LogP contribution is -2.41. The van der Waals surface area contributed by atoms with Crippen molar-refractivity contribution in [3.8, 4) is 16.9 Å². The number of fused-ring (bicyclic) bond motifs is 3. The molecule has 3 aromatic rings. The Morgan fingerprint density at radius 2 is 1.44 bits per heavy atom. The molecule has 1 aliphatic rings. The van der Waals surface area contributed by atoms with Crippen LogP contribution in [0.2, 0.25) is 0 Å². The van der Waals surface area contributed by atoms with Crippen LogP contribution in [-0.4, -0.2) is 5.97 Å². The zero-order chi connectivity index (χ0) is 26.3. The van der Waals surface area contributed by atoms with E-state index in [4.69, 9.17) is 4.74 Å². The molecule has 4 rings (SSSR count). The summed E-state index contributed by atoms with van der Waals surface area (Å²) in [6.45, 7) is 5.32. The van der Waals surface area contributed by atoms with Gasteiger partial charge in [-0.3, -0.25) is 0 Å². The highest BCUT2D eigenvalue weighted by molar-refractivity contribution is 5.93. The molecule has 2 nitrogen and oxygen atoms in total. The van der Waals surface area contributed by atoms with Crippen molar-refractivity contribution in [1.82, 2.24) is 0 Å². The second kappa shape index (κ2) is 9.48. The minimum atomic E-state index is -5.12. The number of hydrogen-bond acceptors (Lipinski definition) is 2. The van der Waals surface area contributed by atoms with Crippen LogP contribution in [0.5, 0.6) is 5.75 Å². The van der Waals surface area contributed by atoms with Crippen LogP contribution in [0.25, 0.3) is 11.1 Å². The van der Waals surface area contributed by atoms with Crippen molar-refractivity contribution in [2.24, 2.45) is 0 Å². The fourth-order valence-electron chi connectivity index (χ4n) is 4.35. The zero-order valence-electron chi connectivity index (χ0n) is 19.3. The fraction of sp³-hybridized carbons (Fsp3) is 0.250. The molecule has 0 bridgehead atoms. The topological polar surface area (TPSA) is 26.3 Å². The summed E-state index contributed by atoms with van der Waals surface area (Å²) in [4.78, 5) is 12.6. The zero-order valence-corrected chi connectivity index (χ0v) is 19.3. The molecule has 0 spiro atoms. The number of halogens is 6. The normalized spacial score (nSPS) is 15.1. The molecule has 188 valence electrons. The van der Waals surface area contributed by atoms with Gasteiger partial charge in [-0.05, 0) is 59.7 Å². The molecule has 36 heavy (non-hydrogen) atoms. The summed E-state index contributed by atoms with van der Waals surface area (Å²) >= 11 is 0. The summed E-state index contributed by atoms with van der Waals surface area (Å²) in [7, 11) is 0. The van der Waals surface area contributed by atoms with Gasteiger partial charge in [0, 0.05) is 0 Å². The van der Waals surface area contributed by atoms with Crippen LogP contribution in [0.3, 0.4) is 0 Å². The SMILES string of the molecule is C=CCCc1ccc(OC(=O)c2ccc3c(c2F)C(F)(F)C(F)(F)c2c-3ccc(CCC)c2F)cc1. The third-order valence-corrected chi connectivity index (χ3v) is 6.19. The van der Waals surface area contributed by atoms with E-state index in [2.05, 4.69) is 6.58 Å². The maximum Gasteiger partial charge on any atom is 0.346 e. The van der Waals surface area contributed by atoms with Crippen LogP contribution in [0.1, 0.15) is 52.4 Å². The van der Waals surface area contributed by atoms with Gasteiger partial charge in [0.2, 0.25) is 0 Å². The first kappa shape index (κ1) is 25.5. The van der Waals surface area contributed by atoms with Gasteiger partial charge in [0.05, 0.1) is 16.7 Å². The van der Waals surface area contributed by atoms with Gasteiger partial charge in [0.15, 0.2) is 0 Å². The largest absolute Gasteiger partial charge is 0.423 e. The minimum absolute atomic E-state index is 0.0208. The molecule has 0 heterocycles. The Morgan fingerprint density at radius 3 is 2.03 bits per heavy atom. The molecule has 0 saturated carbocycles. The highest BCUT2D eigenvalue weighted by Crippen LogP contribution is 2.59. The second-order valence-corrected chi connectivity index (χ2v) is 8.57. The van der Waals surface area contributed by atoms with Crippen molar-refractivity contribution in [3.05, 3.63) is 101 Å². The first-order chi connectivity index (χ1) is 17.0. The predicted octanol–water partition coefficient (Wildman–Crippen LogP) is 8.12. The predicted molar refractivity (Wildman–Crippen MR) is 123 cm³/mol. The van der Waals surface area contributed by atoms with Crippen LogP contribution in [-0.2, 0) is 24.7 Å². The number of alkyl halides is 4.